The maximum atomic E-state index is 14.8. The summed E-state index contributed by atoms with van der Waals surface area (Å²) < 4.78 is 94.3. The van der Waals surface area contributed by atoms with Gasteiger partial charge < -0.3 is 50.0 Å². The van der Waals surface area contributed by atoms with Crippen LogP contribution >= 0.6 is 0 Å². The predicted octanol–water partition coefficient (Wildman–Crippen LogP) is 7.44. The van der Waals surface area contributed by atoms with Crippen LogP contribution in [0.25, 0.3) is 22.3 Å². The van der Waals surface area contributed by atoms with Crippen molar-refractivity contribution in [2.24, 2.45) is 0 Å². The average Bonchev–Trinajstić information content (AvgIpc) is 2.25. The topological polar surface area (TPSA) is 169 Å². The summed E-state index contributed by atoms with van der Waals surface area (Å²) in [7, 11) is 12.8. The molecule has 2 amide bonds. The van der Waals surface area contributed by atoms with Crippen molar-refractivity contribution < 1.29 is 73.5 Å². The maximum Gasteiger partial charge on any atom is 0.430 e. The summed E-state index contributed by atoms with van der Waals surface area (Å²) in [5.74, 6) is -6.79. The normalized spacial score (nSPS) is 15.8. The van der Waals surface area contributed by atoms with E-state index >= 15 is 0 Å². The van der Waals surface area contributed by atoms with Crippen molar-refractivity contribution in [3.63, 3.8) is 0 Å². The van der Waals surface area contributed by atoms with Crippen molar-refractivity contribution in [2.75, 3.05) is 81.6 Å². The van der Waals surface area contributed by atoms with Crippen LogP contribution in [0.15, 0.2) is 133 Å². The lowest BCUT2D eigenvalue weighted by atomic mass is 10.00. The summed E-state index contributed by atoms with van der Waals surface area (Å²) in [6.45, 7) is 14.5. The Kier molecular flexibility index (Phi) is 25.1. The van der Waals surface area contributed by atoms with Gasteiger partial charge in [0.15, 0.2) is 0 Å². The standard InChI is InChI=1S/2C30H37FN4O.2C2HF3O2/c2*1-22-19-34(14-13-32-22)20-24-7-5-9-26(15-24)28-17-23(11-12-29(28)31)18-33-30(36)27-10-6-8-25(16-27)21-35(2,3)4;2*3-2(4,5)1(6)7/h2*5-12,15-17,22,32H,13-14,18-21H2,1-4H3;2*(H,6,7)/t2*22-;;/m00../s1. The van der Waals surface area contributed by atoms with Crippen LogP contribution in [-0.4, -0.2) is 149 Å². The smallest absolute Gasteiger partial charge is 0.430 e. The molecule has 0 unspecified atom stereocenters. The van der Waals surface area contributed by atoms with Gasteiger partial charge in [0.25, 0.3) is 11.8 Å². The van der Waals surface area contributed by atoms with Gasteiger partial charge in [-0.3, -0.25) is 19.4 Å². The first kappa shape index (κ1) is 69.2. The van der Waals surface area contributed by atoms with Gasteiger partial charge in [-0.25, -0.2) is 8.78 Å². The van der Waals surface area contributed by atoms with Crippen LogP contribution in [0.2, 0.25) is 0 Å². The van der Waals surface area contributed by atoms with Gasteiger partial charge in [0.05, 0.1) is 42.3 Å². The fourth-order valence-corrected chi connectivity index (χ4v) is 9.60. The predicted molar refractivity (Wildman–Crippen MR) is 310 cm³/mol. The molecule has 6 aromatic carbocycles. The van der Waals surface area contributed by atoms with Crippen molar-refractivity contribution in [3.8, 4) is 22.3 Å². The summed E-state index contributed by atoms with van der Waals surface area (Å²) >= 11 is 0. The van der Waals surface area contributed by atoms with E-state index in [0.29, 0.717) is 47.4 Å². The Hall–Kier alpha value is -7.60. The quantitative estimate of drug-likeness (QED) is 0.0565. The van der Waals surface area contributed by atoms with Crippen LogP contribution in [0.3, 0.4) is 0 Å². The van der Waals surface area contributed by atoms with Crippen molar-refractivity contribution >= 4 is 23.8 Å². The molecular weight excluding hydrogens is 1130 g/mol. The maximum absolute atomic E-state index is 14.8. The monoisotopic (exact) mass is 1200 g/mol. The molecule has 6 aromatic rings. The highest BCUT2D eigenvalue weighted by Crippen LogP contribution is 2.28. The number of nitrogens with zero attached hydrogens (tertiary/aromatic N) is 4. The lowest BCUT2D eigenvalue weighted by molar-refractivity contribution is -0.884. The summed E-state index contributed by atoms with van der Waals surface area (Å²) in [5, 5.41) is 30.5. The van der Waals surface area contributed by atoms with Gasteiger partial charge in [-0.05, 0) is 108 Å². The molecule has 464 valence electrons. The average molecular weight is 1210 g/mol. The minimum absolute atomic E-state index is 0.128. The Morgan fingerprint density at radius 1 is 0.500 bits per heavy atom. The van der Waals surface area contributed by atoms with Gasteiger partial charge >= 0.3 is 12.4 Å². The van der Waals surface area contributed by atoms with Crippen LogP contribution in [0.5, 0.6) is 0 Å². The van der Waals surface area contributed by atoms with Gasteiger partial charge in [0.2, 0.25) is 0 Å². The number of rotatable bonds is 16. The summed E-state index contributed by atoms with van der Waals surface area (Å²) in [6, 6.07) is 42.8. The van der Waals surface area contributed by atoms with Gasteiger partial charge in [0, 0.05) is 111 Å². The number of hydrogen-bond acceptors (Lipinski definition) is 10. The van der Waals surface area contributed by atoms with Crippen LogP contribution < -0.4 is 31.5 Å². The summed E-state index contributed by atoms with van der Waals surface area (Å²) in [5.41, 5.74) is 10.4. The van der Waals surface area contributed by atoms with E-state index in [0.717, 1.165) is 108 Å². The zero-order chi connectivity index (χ0) is 63.6. The first-order valence-corrected chi connectivity index (χ1v) is 27.8. The number of amides is 2. The number of hydrogen-bond donors (Lipinski definition) is 4. The second-order valence-corrected chi connectivity index (χ2v) is 23.4. The summed E-state index contributed by atoms with van der Waals surface area (Å²) in [6.07, 6.45) is -10.4. The molecule has 2 heterocycles. The number of benzene rings is 6. The highest BCUT2D eigenvalue weighted by atomic mass is 19.4. The minimum atomic E-state index is -5.19. The first-order valence-electron chi connectivity index (χ1n) is 27.8. The Morgan fingerprint density at radius 3 is 1.16 bits per heavy atom. The molecule has 4 N–H and O–H groups in total. The van der Waals surface area contributed by atoms with Crippen molar-refractivity contribution in [1.29, 1.82) is 0 Å². The molecule has 2 aliphatic rings. The molecule has 2 atom stereocenters. The Bertz CT molecular complexity index is 3020. The number of quaternary nitrogens is 2. The fraction of sp³-hybridized carbons (Fsp3) is 0.375. The van der Waals surface area contributed by atoms with E-state index in [2.05, 4.69) is 111 Å². The largest absolute Gasteiger partial charge is 0.542 e. The highest BCUT2D eigenvalue weighted by Gasteiger charge is 2.30. The number of carboxylic acid groups (broad SMARTS) is 2. The number of halogens is 8. The first-order chi connectivity index (χ1) is 40.2. The zero-order valence-corrected chi connectivity index (χ0v) is 49.6. The van der Waals surface area contributed by atoms with Crippen molar-refractivity contribution in [2.45, 2.75) is 77.6 Å². The van der Waals surface area contributed by atoms with E-state index in [9.17, 15) is 44.7 Å². The molecule has 14 nitrogen and oxygen atoms in total. The molecule has 8 rings (SSSR count). The number of piperazine rings is 2. The molecule has 0 bridgehead atoms. The Balaban J connectivity index is 0.000000257. The van der Waals surface area contributed by atoms with Crippen LogP contribution in [0.4, 0.5) is 35.1 Å². The number of nitrogens with one attached hydrogen (secondary N) is 4. The minimum Gasteiger partial charge on any atom is -0.542 e. The van der Waals surface area contributed by atoms with Gasteiger partial charge in [-0.1, -0.05) is 72.8 Å². The molecular formula is C64H76F8N8O6. The number of carboxylic acids is 2. The second kappa shape index (κ2) is 31.2. The third-order valence-corrected chi connectivity index (χ3v) is 13.3. The van der Waals surface area contributed by atoms with Crippen LogP contribution in [0, 0.1) is 11.6 Å². The van der Waals surface area contributed by atoms with E-state index in [4.69, 9.17) is 19.8 Å². The molecule has 0 radical (unpaired) electrons. The van der Waals surface area contributed by atoms with E-state index < -0.39 is 24.3 Å². The Morgan fingerprint density at radius 2 is 0.837 bits per heavy atom. The van der Waals surface area contributed by atoms with E-state index in [1.54, 1.807) is 12.1 Å². The van der Waals surface area contributed by atoms with Crippen molar-refractivity contribution in [3.05, 3.63) is 190 Å². The molecule has 0 saturated carbocycles. The van der Waals surface area contributed by atoms with Gasteiger partial charge in [-0.15, -0.1) is 0 Å². The van der Waals surface area contributed by atoms with E-state index in [-0.39, 0.29) is 23.4 Å². The van der Waals surface area contributed by atoms with Gasteiger partial charge in [-0.2, -0.15) is 26.3 Å². The Labute approximate surface area is 497 Å². The van der Waals surface area contributed by atoms with Crippen molar-refractivity contribution in [1.82, 2.24) is 31.1 Å². The number of carbonyl (C=O) groups excluding carboxylic acids is 4. The molecule has 2 fully saturated rings. The zero-order valence-electron chi connectivity index (χ0n) is 49.6. The second-order valence-electron chi connectivity index (χ2n) is 23.4. The van der Waals surface area contributed by atoms with Crippen LogP contribution in [-0.2, 0) is 48.9 Å². The molecule has 2 saturated heterocycles. The van der Waals surface area contributed by atoms with E-state index in [1.807, 2.05) is 84.9 Å². The number of aliphatic carboxylic acids is 2. The molecule has 2 aliphatic heterocycles. The number of alkyl halides is 6. The molecule has 0 aliphatic carbocycles. The third kappa shape index (κ3) is 24.0. The van der Waals surface area contributed by atoms with E-state index in [1.165, 1.54) is 23.3 Å². The molecule has 0 aromatic heterocycles. The number of carbonyl (C=O) groups is 4. The SMILES string of the molecule is C[C@H]1CN(Cc2cccc(-c3cc(CNC(=O)c4cccc(C[N+](C)(C)C)c4)ccc3F)c2)CCN1.C[C@H]1CN(Cc2cccc(-c3cc(CNC(=O)c4cccc(C[N+](C)(C)C)c4)ccc3F)c2)CCN1.O=C([O-])C(F)(F)F.O=C([O-])C(F)(F)F. The van der Waals surface area contributed by atoms with Crippen LogP contribution in [0.1, 0.15) is 67.9 Å². The highest BCUT2D eigenvalue weighted by molar-refractivity contribution is 5.95. The van der Waals surface area contributed by atoms with Gasteiger partial charge in [0.1, 0.15) is 36.7 Å². The molecule has 22 heteroatoms. The molecule has 0 spiro atoms. The third-order valence-electron chi connectivity index (χ3n) is 13.3. The lowest BCUT2D eigenvalue weighted by Crippen LogP contribution is -2.48. The molecule has 86 heavy (non-hydrogen) atoms. The summed E-state index contributed by atoms with van der Waals surface area (Å²) in [4.78, 5) is 48.1. The lowest BCUT2D eigenvalue weighted by Gasteiger charge is -2.31. The fourth-order valence-electron chi connectivity index (χ4n) is 9.60.